The molecule has 2 aromatic carbocycles. The van der Waals surface area contributed by atoms with Crippen molar-refractivity contribution in [2.75, 3.05) is 0 Å². The number of rotatable bonds is 5. The minimum Gasteiger partial charge on any atom is -0.302 e. The van der Waals surface area contributed by atoms with Gasteiger partial charge in [-0.2, -0.15) is 0 Å². The van der Waals surface area contributed by atoms with Gasteiger partial charge in [-0.3, -0.25) is 0 Å². The van der Waals surface area contributed by atoms with Gasteiger partial charge in [0.1, 0.15) is 0 Å². The largest absolute Gasteiger partial charge is 0.302 e. The van der Waals surface area contributed by atoms with Crippen LogP contribution in [0.25, 0.3) is 11.4 Å². The van der Waals surface area contributed by atoms with Crippen LogP contribution in [0, 0.1) is 0 Å². The van der Waals surface area contributed by atoms with Gasteiger partial charge in [0.15, 0.2) is 11.0 Å². The Balaban J connectivity index is 1.88. The van der Waals surface area contributed by atoms with Gasteiger partial charge in [-0.05, 0) is 42.8 Å². The molecule has 0 N–H and O–H groups in total. The van der Waals surface area contributed by atoms with Crippen molar-refractivity contribution < 1.29 is 0 Å². The Hall–Kier alpha value is -0.910. The maximum atomic E-state index is 6.23. The van der Waals surface area contributed by atoms with Crippen LogP contribution in [0.3, 0.4) is 0 Å². The van der Waals surface area contributed by atoms with E-state index in [-0.39, 0.29) is 0 Å². The molecule has 3 nitrogen and oxygen atoms in total. The Kier molecular flexibility index (Phi) is 6.18. The van der Waals surface area contributed by atoms with Gasteiger partial charge in [0.05, 0.1) is 10.0 Å². The summed E-state index contributed by atoms with van der Waals surface area (Å²) in [5.74, 6) is 1.35. The van der Waals surface area contributed by atoms with E-state index in [2.05, 4.69) is 10.2 Å². The van der Waals surface area contributed by atoms with Gasteiger partial charge in [-0.1, -0.05) is 64.2 Å². The highest BCUT2D eigenvalue weighted by Gasteiger charge is 2.15. The summed E-state index contributed by atoms with van der Waals surface area (Å²) in [7, 11) is 0. The van der Waals surface area contributed by atoms with Crippen LogP contribution in [0.2, 0.25) is 20.1 Å². The maximum Gasteiger partial charge on any atom is 0.191 e. The average Bonchev–Trinajstić information content (AvgIpc) is 3.00. The fourth-order valence-electron chi connectivity index (χ4n) is 2.34. The quantitative estimate of drug-likeness (QED) is 0.412. The minimum atomic E-state index is 0.488. The first-order valence-corrected chi connectivity index (χ1v) is 9.95. The third-order valence-corrected chi connectivity index (χ3v) is 6.06. The summed E-state index contributed by atoms with van der Waals surface area (Å²) in [6.07, 6.45) is 0. The molecule has 0 spiro atoms. The van der Waals surface area contributed by atoms with Crippen LogP contribution < -0.4 is 0 Å². The molecule has 0 saturated heterocycles. The van der Waals surface area contributed by atoms with Crippen molar-refractivity contribution in [3.05, 3.63) is 62.1 Å². The summed E-state index contributed by atoms with van der Waals surface area (Å²) in [4.78, 5) is 0. The SMILES string of the molecule is CCn1c(SCc2c(Cl)cccc2Cl)nnc1-c1ccc(Cl)c(Cl)c1. The third kappa shape index (κ3) is 4.09. The van der Waals surface area contributed by atoms with E-state index in [4.69, 9.17) is 46.4 Å². The molecule has 25 heavy (non-hydrogen) atoms. The molecular formula is C17H13Cl4N3S. The number of nitrogens with zero attached hydrogens (tertiary/aromatic N) is 3. The number of halogens is 4. The Morgan fingerprint density at radius 2 is 1.64 bits per heavy atom. The second kappa shape index (κ2) is 8.19. The number of hydrogen-bond donors (Lipinski definition) is 0. The van der Waals surface area contributed by atoms with Crippen molar-refractivity contribution in [1.29, 1.82) is 0 Å². The molecule has 0 aliphatic carbocycles. The van der Waals surface area contributed by atoms with Gasteiger partial charge < -0.3 is 4.57 Å². The van der Waals surface area contributed by atoms with Crippen molar-refractivity contribution in [3.63, 3.8) is 0 Å². The molecule has 0 unspecified atom stereocenters. The van der Waals surface area contributed by atoms with Gasteiger partial charge in [0.2, 0.25) is 0 Å². The van der Waals surface area contributed by atoms with E-state index in [9.17, 15) is 0 Å². The molecule has 0 amide bonds. The zero-order chi connectivity index (χ0) is 18.0. The second-order valence-corrected chi connectivity index (χ2v) is 7.74. The normalized spacial score (nSPS) is 11.1. The van der Waals surface area contributed by atoms with Crippen LogP contribution in [0.5, 0.6) is 0 Å². The highest BCUT2D eigenvalue weighted by Crippen LogP contribution is 2.33. The van der Waals surface area contributed by atoms with Crippen molar-refractivity contribution in [2.45, 2.75) is 24.4 Å². The second-order valence-electron chi connectivity index (χ2n) is 5.17. The van der Waals surface area contributed by atoms with Crippen molar-refractivity contribution in [3.8, 4) is 11.4 Å². The van der Waals surface area contributed by atoms with Crippen LogP contribution in [-0.4, -0.2) is 14.8 Å². The standard InChI is InChI=1S/C17H13Cl4N3S/c1-2-24-16(10-6-7-14(20)15(21)8-10)22-23-17(24)25-9-11-12(18)4-3-5-13(11)19/h3-8H,2,9H2,1H3. The highest BCUT2D eigenvalue weighted by atomic mass is 35.5. The van der Waals surface area contributed by atoms with Gasteiger partial charge in [0.25, 0.3) is 0 Å². The Morgan fingerprint density at radius 3 is 2.28 bits per heavy atom. The Bertz CT molecular complexity index is 891. The van der Waals surface area contributed by atoms with Gasteiger partial charge in [-0.25, -0.2) is 0 Å². The molecule has 0 fully saturated rings. The van der Waals surface area contributed by atoms with E-state index in [1.165, 1.54) is 11.8 Å². The Morgan fingerprint density at radius 1 is 0.920 bits per heavy atom. The smallest absolute Gasteiger partial charge is 0.191 e. The maximum absolute atomic E-state index is 6.23. The number of thioether (sulfide) groups is 1. The topological polar surface area (TPSA) is 30.7 Å². The molecule has 0 saturated carbocycles. The molecule has 0 radical (unpaired) electrons. The summed E-state index contributed by atoms with van der Waals surface area (Å²) in [5, 5.41) is 11.7. The lowest BCUT2D eigenvalue weighted by atomic mass is 10.2. The van der Waals surface area contributed by atoms with Gasteiger partial charge in [-0.15, -0.1) is 10.2 Å². The number of benzene rings is 2. The van der Waals surface area contributed by atoms with Crippen LogP contribution in [0.15, 0.2) is 41.6 Å². The lowest BCUT2D eigenvalue weighted by Crippen LogP contribution is -2.00. The van der Waals surface area contributed by atoms with E-state index in [0.29, 0.717) is 25.8 Å². The molecule has 0 aliphatic rings. The molecule has 8 heteroatoms. The molecule has 1 aromatic heterocycles. The van der Waals surface area contributed by atoms with E-state index in [1.54, 1.807) is 12.1 Å². The lowest BCUT2D eigenvalue weighted by molar-refractivity contribution is 0.687. The van der Waals surface area contributed by atoms with Crippen LogP contribution in [0.4, 0.5) is 0 Å². The average molecular weight is 433 g/mol. The monoisotopic (exact) mass is 431 g/mol. The summed E-state index contributed by atoms with van der Waals surface area (Å²) in [5.41, 5.74) is 1.75. The van der Waals surface area contributed by atoms with E-state index in [0.717, 1.165) is 28.7 Å². The minimum absolute atomic E-state index is 0.488. The first-order valence-electron chi connectivity index (χ1n) is 7.45. The van der Waals surface area contributed by atoms with Crippen molar-refractivity contribution in [2.24, 2.45) is 0 Å². The van der Waals surface area contributed by atoms with Gasteiger partial charge >= 0.3 is 0 Å². The van der Waals surface area contributed by atoms with Crippen molar-refractivity contribution >= 4 is 58.2 Å². The summed E-state index contributed by atoms with van der Waals surface area (Å²) < 4.78 is 2.02. The lowest BCUT2D eigenvalue weighted by Gasteiger charge is -2.09. The van der Waals surface area contributed by atoms with Crippen LogP contribution >= 0.6 is 58.2 Å². The fraction of sp³-hybridized carbons (Fsp3) is 0.176. The molecule has 0 atom stereocenters. The third-order valence-electron chi connectivity index (χ3n) is 3.62. The van der Waals surface area contributed by atoms with E-state index >= 15 is 0 Å². The summed E-state index contributed by atoms with van der Waals surface area (Å²) in [6.45, 7) is 2.76. The first kappa shape index (κ1) is 18.9. The van der Waals surface area contributed by atoms with E-state index in [1.807, 2.05) is 35.8 Å². The van der Waals surface area contributed by atoms with Crippen LogP contribution in [-0.2, 0) is 12.3 Å². The predicted octanol–water partition coefficient (Wildman–Crippen LogP) is 6.87. The predicted molar refractivity (Wildman–Crippen MR) is 107 cm³/mol. The first-order chi connectivity index (χ1) is 12.0. The van der Waals surface area contributed by atoms with Gasteiger partial charge in [0, 0.05) is 27.9 Å². The Labute approximate surface area is 170 Å². The molecule has 0 bridgehead atoms. The summed E-state index contributed by atoms with van der Waals surface area (Å²) in [6, 6.07) is 10.9. The summed E-state index contributed by atoms with van der Waals surface area (Å²) >= 11 is 26.1. The number of hydrogen-bond acceptors (Lipinski definition) is 3. The fourth-order valence-corrected chi connectivity index (χ4v) is 4.38. The molecule has 130 valence electrons. The molecule has 3 aromatic rings. The molecule has 0 aliphatic heterocycles. The molecule has 3 rings (SSSR count). The van der Waals surface area contributed by atoms with Crippen molar-refractivity contribution in [1.82, 2.24) is 14.8 Å². The number of aromatic nitrogens is 3. The van der Waals surface area contributed by atoms with Crippen LogP contribution in [0.1, 0.15) is 12.5 Å². The highest BCUT2D eigenvalue weighted by molar-refractivity contribution is 7.98. The zero-order valence-electron chi connectivity index (χ0n) is 13.1. The zero-order valence-corrected chi connectivity index (χ0v) is 17.0. The van der Waals surface area contributed by atoms with E-state index < -0.39 is 0 Å². The molecule has 1 heterocycles. The molecular weight excluding hydrogens is 420 g/mol.